The zero-order valence-electron chi connectivity index (χ0n) is 14.6. The number of pyridine rings is 1. The van der Waals surface area contributed by atoms with E-state index in [0.29, 0.717) is 23.9 Å². The van der Waals surface area contributed by atoms with Crippen LogP contribution < -0.4 is 14.8 Å². The molecule has 0 aliphatic carbocycles. The van der Waals surface area contributed by atoms with E-state index in [1.807, 2.05) is 6.92 Å². The molecule has 0 saturated carbocycles. The molecular formula is C17H23N3O4S. The molecule has 0 spiro atoms. The molecule has 1 aromatic carbocycles. The number of aromatic nitrogens is 1. The number of benzene rings is 1. The number of ether oxygens (including phenoxy) is 2. The van der Waals surface area contributed by atoms with Crippen molar-refractivity contribution >= 4 is 21.5 Å². The van der Waals surface area contributed by atoms with Crippen LogP contribution in [-0.4, -0.2) is 40.8 Å². The predicted molar refractivity (Wildman–Crippen MR) is 97.8 cm³/mol. The number of aryl methyl sites for hydroxylation is 1. The Balaban J connectivity index is 2.09. The van der Waals surface area contributed by atoms with E-state index in [4.69, 9.17) is 9.47 Å². The highest BCUT2D eigenvalue weighted by Gasteiger charge is 2.20. The van der Waals surface area contributed by atoms with Gasteiger partial charge in [-0.2, -0.15) is 0 Å². The summed E-state index contributed by atoms with van der Waals surface area (Å²) in [6.45, 7) is 3.22. The molecular weight excluding hydrogens is 342 g/mol. The van der Waals surface area contributed by atoms with Gasteiger partial charge in [0.05, 0.1) is 19.0 Å². The van der Waals surface area contributed by atoms with Crippen LogP contribution in [0.15, 0.2) is 41.4 Å². The zero-order chi connectivity index (χ0) is 18.3. The summed E-state index contributed by atoms with van der Waals surface area (Å²) in [4.78, 5) is 4.30. The Morgan fingerprint density at radius 1 is 1.16 bits per heavy atom. The van der Waals surface area contributed by atoms with Crippen molar-refractivity contribution in [3.8, 4) is 5.75 Å². The van der Waals surface area contributed by atoms with Gasteiger partial charge in [0.1, 0.15) is 16.5 Å². The minimum absolute atomic E-state index is 0.0942. The summed E-state index contributed by atoms with van der Waals surface area (Å²) in [6, 6.07) is 8.38. The van der Waals surface area contributed by atoms with Gasteiger partial charge < -0.3 is 14.8 Å². The SMILES string of the molecule is COCCCNc1ccc(NS(=O)(=O)c2cc(C)ccc2OC)cn1. The standard InChI is InChI=1S/C17H23N3O4S/c1-13-5-7-15(24-3)16(11-13)25(21,22)20-14-6-8-17(19-12-14)18-9-4-10-23-2/h5-8,11-12,20H,4,9-10H2,1-3H3,(H,18,19). The lowest BCUT2D eigenvalue weighted by molar-refractivity contribution is 0.198. The van der Waals surface area contributed by atoms with E-state index in [9.17, 15) is 8.42 Å². The molecule has 7 nitrogen and oxygen atoms in total. The van der Waals surface area contributed by atoms with Crippen LogP contribution >= 0.6 is 0 Å². The molecule has 136 valence electrons. The van der Waals surface area contributed by atoms with Gasteiger partial charge in [-0.1, -0.05) is 6.07 Å². The molecule has 2 rings (SSSR count). The summed E-state index contributed by atoms with van der Waals surface area (Å²) < 4.78 is 37.9. The molecule has 25 heavy (non-hydrogen) atoms. The maximum Gasteiger partial charge on any atom is 0.265 e. The van der Waals surface area contributed by atoms with Crippen LogP contribution in [0, 0.1) is 6.92 Å². The van der Waals surface area contributed by atoms with Gasteiger partial charge in [-0.3, -0.25) is 4.72 Å². The number of anilines is 2. The Kier molecular flexibility index (Phi) is 6.60. The first-order valence-electron chi connectivity index (χ1n) is 7.82. The number of hydrogen-bond acceptors (Lipinski definition) is 6. The van der Waals surface area contributed by atoms with E-state index in [2.05, 4.69) is 15.0 Å². The average Bonchev–Trinajstić information content (AvgIpc) is 2.60. The van der Waals surface area contributed by atoms with Crippen LogP contribution in [0.1, 0.15) is 12.0 Å². The molecule has 1 aromatic heterocycles. The van der Waals surface area contributed by atoms with Crippen LogP contribution in [0.25, 0.3) is 0 Å². The molecule has 0 aliphatic heterocycles. The third-order valence-electron chi connectivity index (χ3n) is 3.46. The fourth-order valence-corrected chi connectivity index (χ4v) is 3.49. The minimum Gasteiger partial charge on any atom is -0.495 e. The maximum absolute atomic E-state index is 12.6. The average molecular weight is 365 g/mol. The molecule has 0 unspecified atom stereocenters. The molecule has 0 saturated heterocycles. The molecule has 0 aliphatic rings. The second-order valence-corrected chi connectivity index (χ2v) is 7.12. The van der Waals surface area contributed by atoms with E-state index in [-0.39, 0.29) is 4.90 Å². The van der Waals surface area contributed by atoms with Gasteiger partial charge in [-0.05, 0) is 43.2 Å². The quantitative estimate of drug-likeness (QED) is 0.664. The fourth-order valence-electron chi connectivity index (χ4n) is 2.20. The van der Waals surface area contributed by atoms with Crippen molar-refractivity contribution in [3.05, 3.63) is 42.1 Å². The van der Waals surface area contributed by atoms with Crippen molar-refractivity contribution in [2.24, 2.45) is 0 Å². The lowest BCUT2D eigenvalue weighted by atomic mass is 10.2. The second-order valence-electron chi connectivity index (χ2n) is 5.47. The molecule has 0 atom stereocenters. The minimum atomic E-state index is -3.77. The number of hydrogen-bond donors (Lipinski definition) is 2. The van der Waals surface area contributed by atoms with Crippen LogP contribution in [0.3, 0.4) is 0 Å². The van der Waals surface area contributed by atoms with Crippen LogP contribution in [0.2, 0.25) is 0 Å². The predicted octanol–water partition coefficient (Wildman–Crippen LogP) is 2.65. The number of nitrogens with one attached hydrogen (secondary N) is 2. The first-order chi connectivity index (χ1) is 12.0. The van der Waals surface area contributed by atoms with Crippen LogP contribution in [0.5, 0.6) is 5.75 Å². The van der Waals surface area contributed by atoms with Crippen LogP contribution in [0.4, 0.5) is 11.5 Å². The van der Waals surface area contributed by atoms with Crippen molar-refractivity contribution in [3.63, 3.8) is 0 Å². The highest BCUT2D eigenvalue weighted by molar-refractivity contribution is 7.92. The third-order valence-corrected chi connectivity index (χ3v) is 4.86. The molecule has 0 bridgehead atoms. The Morgan fingerprint density at radius 2 is 1.96 bits per heavy atom. The zero-order valence-corrected chi connectivity index (χ0v) is 15.4. The lowest BCUT2D eigenvalue weighted by Gasteiger charge is -2.12. The Bertz CT molecular complexity index is 792. The first kappa shape index (κ1) is 19.0. The smallest absolute Gasteiger partial charge is 0.265 e. The molecule has 0 radical (unpaired) electrons. The van der Waals surface area contributed by atoms with Gasteiger partial charge >= 0.3 is 0 Å². The Morgan fingerprint density at radius 3 is 2.60 bits per heavy atom. The summed E-state index contributed by atoms with van der Waals surface area (Å²) in [7, 11) is -0.673. The topological polar surface area (TPSA) is 89.6 Å². The largest absolute Gasteiger partial charge is 0.495 e. The number of nitrogens with zero attached hydrogens (tertiary/aromatic N) is 1. The molecule has 1 heterocycles. The van der Waals surface area contributed by atoms with E-state index in [0.717, 1.165) is 18.5 Å². The van der Waals surface area contributed by atoms with Gasteiger partial charge in [0.2, 0.25) is 0 Å². The summed E-state index contributed by atoms with van der Waals surface area (Å²) in [5, 5.41) is 3.14. The maximum atomic E-state index is 12.6. The fraction of sp³-hybridized carbons (Fsp3) is 0.353. The molecule has 8 heteroatoms. The van der Waals surface area contributed by atoms with Crippen molar-refractivity contribution in [2.75, 3.05) is 37.4 Å². The highest BCUT2D eigenvalue weighted by Crippen LogP contribution is 2.26. The van der Waals surface area contributed by atoms with Gasteiger partial charge in [0, 0.05) is 20.3 Å². The van der Waals surface area contributed by atoms with E-state index >= 15 is 0 Å². The summed E-state index contributed by atoms with van der Waals surface area (Å²) in [6.07, 6.45) is 2.33. The van der Waals surface area contributed by atoms with Gasteiger partial charge in [-0.25, -0.2) is 13.4 Å². The first-order valence-corrected chi connectivity index (χ1v) is 9.31. The highest BCUT2D eigenvalue weighted by atomic mass is 32.2. The number of sulfonamides is 1. The van der Waals surface area contributed by atoms with Gasteiger partial charge in [0.15, 0.2) is 0 Å². The normalized spacial score (nSPS) is 11.2. The van der Waals surface area contributed by atoms with Gasteiger partial charge in [-0.15, -0.1) is 0 Å². The van der Waals surface area contributed by atoms with Crippen molar-refractivity contribution in [1.82, 2.24) is 4.98 Å². The van der Waals surface area contributed by atoms with E-state index in [1.54, 1.807) is 37.4 Å². The monoisotopic (exact) mass is 365 g/mol. The molecule has 2 aromatic rings. The van der Waals surface area contributed by atoms with E-state index < -0.39 is 10.0 Å². The third kappa shape index (κ3) is 5.33. The number of rotatable bonds is 9. The molecule has 0 fully saturated rings. The number of methoxy groups -OCH3 is 2. The van der Waals surface area contributed by atoms with Crippen molar-refractivity contribution in [1.29, 1.82) is 0 Å². The summed E-state index contributed by atoms with van der Waals surface area (Å²) in [5.74, 6) is 0.967. The Labute approximate surface area is 148 Å². The lowest BCUT2D eigenvalue weighted by Crippen LogP contribution is -2.14. The van der Waals surface area contributed by atoms with Gasteiger partial charge in [0.25, 0.3) is 10.0 Å². The molecule has 2 N–H and O–H groups in total. The summed E-state index contributed by atoms with van der Waals surface area (Å²) >= 11 is 0. The van der Waals surface area contributed by atoms with E-state index in [1.165, 1.54) is 13.3 Å². The summed E-state index contributed by atoms with van der Waals surface area (Å²) in [5.41, 5.74) is 1.21. The Hall–Kier alpha value is -2.32. The van der Waals surface area contributed by atoms with Crippen molar-refractivity contribution in [2.45, 2.75) is 18.2 Å². The molecule has 0 amide bonds. The van der Waals surface area contributed by atoms with Crippen LogP contribution in [-0.2, 0) is 14.8 Å². The second kappa shape index (κ2) is 8.68. The van der Waals surface area contributed by atoms with Crippen molar-refractivity contribution < 1.29 is 17.9 Å².